The molecule has 0 saturated carbocycles. The van der Waals surface area contributed by atoms with Gasteiger partial charge in [-0.05, 0) is 0 Å². The van der Waals surface area contributed by atoms with Crippen molar-refractivity contribution in [3.8, 4) is 0 Å². The van der Waals surface area contributed by atoms with Crippen molar-refractivity contribution in [2.75, 3.05) is 0 Å². The molecule has 0 fully saturated rings. The van der Waals surface area contributed by atoms with Crippen molar-refractivity contribution < 1.29 is 18.0 Å². The highest BCUT2D eigenvalue weighted by Gasteiger charge is 2.23. The first kappa shape index (κ1) is 7.93. The second kappa shape index (κ2) is 2.47. The van der Waals surface area contributed by atoms with Gasteiger partial charge in [-0.1, -0.05) is 0 Å². The molecule has 0 heterocycles. The second-order valence-corrected chi connectivity index (χ2v) is 1.14. The van der Waals surface area contributed by atoms with Crippen LogP contribution in [0.15, 0.2) is 4.99 Å². The average Bonchev–Trinajstić information content (AvgIpc) is 1.59. The van der Waals surface area contributed by atoms with Gasteiger partial charge < -0.3 is 5.73 Å². The molecule has 6 heteroatoms. The third kappa shape index (κ3) is 6.93. The molecule has 0 aromatic heterocycles. The van der Waals surface area contributed by atoms with Crippen LogP contribution < -0.4 is 5.73 Å². The number of aliphatic imine (C=N–C) groups is 1. The summed E-state index contributed by atoms with van der Waals surface area (Å²) in [7, 11) is 0. The molecule has 0 aliphatic rings. The Morgan fingerprint density at radius 3 is 2.11 bits per heavy atom. The van der Waals surface area contributed by atoms with Crippen molar-refractivity contribution in [1.82, 2.24) is 0 Å². The van der Waals surface area contributed by atoms with Gasteiger partial charge in [0.1, 0.15) is 6.21 Å². The minimum atomic E-state index is -4.56. The van der Waals surface area contributed by atoms with Gasteiger partial charge in [0.15, 0.2) is 0 Å². The summed E-state index contributed by atoms with van der Waals surface area (Å²) >= 11 is 0. The van der Waals surface area contributed by atoms with Crippen LogP contribution in [0.3, 0.4) is 0 Å². The van der Waals surface area contributed by atoms with Crippen LogP contribution in [0.25, 0.3) is 0 Å². The molecule has 2 N–H and O–H groups in total. The summed E-state index contributed by atoms with van der Waals surface area (Å²) in [5, 5.41) is 0. The molecule has 0 aliphatic heterocycles. The normalized spacial score (nSPS) is 12.3. The molecule has 0 atom stereocenters. The minimum absolute atomic E-state index is 0.463. The van der Waals surface area contributed by atoms with Crippen molar-refractivity contribution in [2.24, 2.45) is 10.7 Å². The summed E-state index contributed by atoms with van der Waals surface area (Å²) in [5.74, 6) is 0. The molecule has 0 rings (SSSR count). The summed E-state index contributed by atoms with van der Waals surface area (Å²) in [6.07, 6.45) is -5.02. The third-order valence-electron chi connectivity index (χ3n) is 0.338. The van der Waals surface area contributed by atoms with Gasteiger partial charge in [0.05, 0.1) is 0 Å². The Morgan fingerprint density at radius 2 is 2.00 bits per heavy atom. The van der Waals surface area contributed by atoms with Crippen LogP contribution >= 0.6 is 0 Å². The van der Waals surface area contributed by atoms with E-state index in [0.717, 1.165) is 0 Å². The lowest BCUT2D eigenvalue weighted by atomic mass is 10.7. The van der Waals surface area contributed by atoms with Gasteiger partial charge in [-0.3, -0.25) is 0 Å². The lowest BCUT2D eigenvalue weighted by Crippen LogP contribution is -2.13. The Bertz CT molecular complexity index is 138. The van der Waals surface area contributed by atoms with Gasteiger partial charge in [0.2, 0.25) is 0 Å². The Morgan fingerprint density at radius 1 is 1.56 bits per heavy atom. The molecule has 0 aromatic carbocycles. The van der Waals surface area contributed by atoms with E-state index < -0.39 is 18.4 Å². The first-order valence-electron chi connectivity index (χ1n) is 1.83. The predicted octanol–water partition coefficient (Wildman–Crippen LogP) is 0.698. The third-order valence-corrected chi connectivity index (χ3v) is 0.338. The van der Waals surface area contributed by atoms with Gasteiger partial charge in [0.25, 0.3) is 0 Å². The molecule has 3 nitrogen and oxygen atoms in total. The van der Waals surface area contributed by atoms with Crippen LogP contribution in [0.4, 0.5) is 18.0 Å². The van der Waals surface area contributed by atoms with Crippen LogP contribution in [0.2, 0.25) is 0 Å². The van der Waals surface area contributed by atoms with Gasteiger partial charge >= 0.3 is 12.2 Å². The number of nitrogens with two attached hydrogens (primary N) is 1. The molecule has 52 valence electrons. The highest BCUT2D eigenvalue weighted by atomic mass is 19.4. The van der Waals surface area contributed by atoms with Gasteiger partial charge in [-0.2, -0.15) is 18.2 Å². The molecule has 0 aliphatic carbocycles. The molecule has 0 radical (unpaired) electrons. The summed E-state index contributed by atoms with van der Waals surface area (Å²) in [5.41, 5.74) is 4.26. The molecule has 0 unspecified atom stereocenters. The standard InChI is InChI=1S/C3H3F3N2O/c4-3(5,6)1-8-2(7)9/h1H,(H2,7,9). The van der Waals surface area contributed by atoms with Crippen molar-refractivity contribution in [3.63, 3.8) is 0 Å². The number of carbonyl (C=O) groups is 1. The number of alkyl halides is 3. The van der Waals surface area contributed by atoms with Crippen LogP contribution in [0.5, 0.6) is 0 Å². The fraction of sp³-hybridized carbons (Fsp3) is 0.333. The van der Waals surface area contributed by atoms with E-state index in [1.54, 1.807) is 0 Å². The van der Waals surface area contributed by atoms with E-state index >= 15 is 0 Å². The van der Waals surface area contributed by atoms with Gasteiger partial charge in [-0.15, -0.1) is 0 Å². The predicted molar refractivity (Wildman–Crippen MR) is 24.1 cm³/mol. The summed E-state index contributed by atoms with van der Waals surface area (Å²) in [4.78, 5) is 11.9. The first-order chi connectivity index (χ1) is 3.92. The van der Waals surface area contributed by atoms with E-state index in [0.29, 0.717) is 0 Å². The van der Waals surface area contributed by atoms with Crippen LogP contribution in [-0.4, -0.2) is 18.4 Å². The molecular formula is C3H3F3N2O. The smallest absolute Gasteiger partial charge is 0.350 e. The number of hydrogen-bond donors (Lipinski definition) is 1. The number of amides is 2. The maximum atomic E-state index is 11.1. The topological polar surface area (TPSA) is 55.5 Å². The van der Waals surface area contributed by atoms with E-state index in [2.05, 4.69) is 10.7 Å². The highest BCUT2D eigenvalue weighted by molar-refractivity contribution is 5.83. The molecular weight excluding hydrogens is 137 g/mol. The molecule has 0 bridgehead atoms. The summed E-state index contributed by atoms with van der Waals surface area (Å²) in [6, 6.07) is -1.35. The number of nitrogens with zero attached hydrogens (tertiary/aromatic N) is 1. The largest absolute Gasteiger partial charge is 0.426 e. The Balaban J connectivity index is 3.86. The average molecular weight is 140 g/mol. The van der Waals surface area contributed by atoms with E-state index in [9.17, 15) is 18.0 Å². The summed E-state index contributed by atoms with van der Waals surface area (Å²) < 4.78 is 33.2. The molecule has 0 aromatic rings. The summed E-state index contributed by atoms with van der Waals surface area (Å²) in [6.45, 7) is 0. The fourth-order valence-electron chi connectivity index (χ4n) is 0.137. The lowest BCUT2D eigenvalue weighted by Gasteiger charge is -1.93. The van der Waals surface area contributed by atoms with Crippen molar-refractivity contribution in [2.45, 2.75) is 6.18 Å². The van der Waals surface area contributed by atoms with Crippen molar-refractivity contribution in [3.05, 3.63) is 0 Å². The zero-order valence-electron chi connectivity index (χ0n) is 4.14. The molecule has 0 saturated heterocycles. The number of rotatable bonds is 0. The monoisotopic (exact) mass is 140 g/mol. The van der Waals surface area contributed by atoms with Crippen molar-refractivity contribution in [1.29, 1.82) is 0 Å². The number of carbonyl (C=O) groups excluding carboxylic acids is 1. The number of halogens is 3. The molecule has 2 amide bonds. The van der Waals surface area contributed by atoms with Crippen LogP contribution in [0.1, 0.15) is 0 Å². The van der Waals surface area contributed by atoms with E-state index in [1.165, 1.54) is 0 Å². The molecule has 9 heavy (non-hydrogen) atoms. The van der Waals surface area contributed by atoms with Crippen LogP contribution in [-0.2, 0) is 0 Å². The zero-order valence-corrected chi connectivity index (χ0v) is 4.14. The number of urea groups is 1. The SMILES string of the molecule is NC(=O)N=CC(F)(F)F. The van der Waals surface area contributed by atoms with Crippen LogP contribution in [0, 0.1) is 0 Å². The fourth-order valence-corrected chi connectivity index (χ4v) is 0.137. The van der Waals surface area contributed by atoms with Gasteiger partial charge in [-0.25, -0.2) is 4.79 Å². The Kier molecular flexibility index (Phi) is 2.18. The number of primary amides is 1. The van der Waals surface area contributed by atoms with Crippen molar-refractivity contribution >= 4 is 12.2 Å². The zero-order chi connectivity index (χ0) is 7.49. The lowest BCUT2D eigenvalue weighted by molar-refractivity contribution is -0.0535. The quantitative estimate of drug-likeness (QED) is 0.494. The first-order valence-corrected chi connectivity index (χ1v) is 1.83. The second-order valence-electron chi connectivity index (χ2n) is 1.14. The Hall–Kier alpha value is -1.07. The minimum Gasteiger partial charge on any atom is -0.350 e. The Labute approximate surface area is 48.4 Å². The van der Waals surface area contributed by atoms with Gasteiger partial charge in [0, 0.05) is 0 Å². The number of hydrogen-bond acceptors (Lipinski definition) is 1. The maximum absolute atomic E-state index is 11.1. The van der Waals surface area contributed by atoms with E-state index in [-0.39, 0.29) is 0 Å². The highest BCUT2D eigenvalue weighted by Crippen LogP contribution is 2.09. The molecule has 0 spiro atoms. The maximum Gasteiger partial charge on any atom is 0.426 e. The van der Waals surface area contributed by atoms with E-state index in [4.69, 9.17) is 0 Å². The van der Waals surface area contributed by atoms with E-state index in [1.807, 2.05) is 0 Å².